The van der Waals surface area contributed by atoms with E-state index in [0.717, 1.165) is 25.0 Å². The molecule has 0 spiro atoms. The number of anilines is 2. The number of nitrogens with zero attached hydrogens (tertiary/aromatic N) is 2. The summed E-state index contributed by atoms with van der Waals surface area (Å²) in [6, 6.07) is 1.85. The SMILES string of the molecule is CS(=O)(=O)NCCNc1cc([C@@H]2CCOC2)nc(NCCO)n1. The van der Waals surface area contributed by atoms with Crippen molar-refractivity contribution in [1.29, 1.82) is 0 Å². The van der Waals surface area contributed by atoms with E-state index in [9.17, 15) is 8.42 Å². The summed E-state index contributed by atoms with van der Waals surface area (Å²) >= 11 is 0. The van der Waals surface area contributed by atoms with Crippen molar-refractivity contribution in [3.8, 4) is 0 Å². The molecule has 1 saturated heterocycles. The molecule has 0 saturated carbocycles. The molecular weight excluding hydrogens is 322 g/mol. The molecule has 1 aliphatic heterocycles. The van der Waals surface area contributed by atoms with E-state index in [-0.39, 0.29) is 19.1 Å². The van der Waals surface area contributed by atoms with Crippen molar-refractivity contribution in [2.75, 3.05) is 56.3 Å². The fourth-order valence-corrected chi connectivity index (χ4v) is 2.68. The molecule has 2 rings (SSSR count). The minimum Gasteiger partial charge on any atom is -0.395 e. The highest BCUT2D eigenvalue weighted by Gasteiger charge is 2.20. The number of aliphatic hydroxyl groups excluding tert-OH is 1. The quantitative estimate of drug-likeness (QED) is 0.435. The maximum Gasteiger partial charge on any atom is 0.224 e. The van der Waals surface area contributed by atoms with Gasteiger partial charge in [0, 0.05) is 38.2 Å². The van der Waals surface area contributed by atoms with Crippen LogP contribution in [0.25, 0.3) is 0 Å². The van der Waals surface area contributed by atoms with Crippen molar-refractivity contribution in [2.45, 2.75) is 12.3 Å². The number of hydrogen-bond donors (Lipinski definition) is 4. The number of aliphatic hydroxyl groups is 1. The second-order valence-electron chi connectivity index (χ2n) is 5.31. The largest absolute Gasteiger partial charge is 0.395 e. The summed E-state index contributed by atoms with van der Waals surface area (Å²) in [6.45, 7) is 2.37. The first-order valence-electron chi connectivity index (χ1n) is 7.48. The van der Waals surface area contributed by atoms with E-state index >= 15 is 0 Å². The number of hydrogen-bond acceptors (Lipinski definition) is 8. The van der Waals surface area contributed by atoms with Gasteiger partial charge >= 0.3 is 0 Å². The van der Waals surface area contributed by atoms with Crippen LogP contribution >= 0.6 is 0 Å². The lowest BCUT2D eigenvalue weighted by Crippen LogP contribution is -2.28. The molecule has 1 fully saturated rings. The van der Waals surface area contributed by atoms with Crippen molar-refractivity contribution >= 4 is 21.8 Å². The molecule has 1 aromatic rings. The van der Waals surface area contributed by atoms with E-state index in [4.69, 9.17) is 9.84 Å². The molecule has 0 aliphatic carbocycles. The van der Waals surface area contributed by atoms with Gasteiger partial charge in [-0.1, -0.05) is 0 Å². The van der Waals surface area contributed by atoms with Gasteiger partial charge in [0.2, 0.25) is 16.0 Å². The molecule has 23 heavy (non-hydrogen) atoms. The molecule has 130 valence electrons. The van der Waals surface area contributed by atoms with E-state index in [1.165, 1.54) is 0 Å². The normalized spacial score (nSPS) is 18.1. The highest BCUT2D eigenvalue weighted by Crippen LogP contribution is 2.25. The molecule has 0 bridgehead atoms. The van der Waals surface area contributed by atoms with Gasteiger partial charge in [-0.25, -0.2) is 18.1 Å². The Hall–Kier alpha value is -1.49. The molecule has 0 radical (unpaired) electrons. The van der Waals surface area contributed by atoms with Gasteiger partial charge in [0.05, 0.1) is 25.2 Å². The molecular formula is C13H23N5O4S. The smallest absolute Gasteiger partial charge is 0.224 e. The Morgan fingerprint density at radius 1 is 1.30 bits per heavy atom. The third kappa shape index (κ3) is 6.26. The first-order chi connectivity index (χ1) is 11.0. The zero-order valence-electron chi connectivity index (χ0n) is 13.1. The molecule has 1 aromatic heterocycles. The van der Waals surface area contributed by atoms with Gasteiger partial charge in [0.1, 0.15) is 5.82 Å². The predicted molar refractivity (Wildman–Crippen MR) is 87.1 cm³/mol. The van der Waals surface area contributed by atoms with Gasteiger partial charge in [0.15, 0.2) is 0 Å². The number of ether oxygens (including phenoxy) is 1. The van der Waals surface area contributed by atoms with Crippen molar-refractivity contribution in [3.05, 3.63) is 11.8 Å². The first-order valence-corrected chi connectivity index (χ1v) is 9.37. The second-order valence-corrected chi connectivity index (χ2v) is 7.14. The van der Waals surface area contributed by atoms with Crippen LogP contribution in [0.2, 0.25) is 0 Å². The van der Waals surface area contributed by atoms with Gasteiger partial charge in [-0.3, -0.25) is 0 Å². The maximum atomic E-state index is 11.0. The minimum absolute atomic E-state index is 0.0127. The van der Waals surface area contributed by atoms with Crippen molar-refractivity contribution in [1.82, 2.24) is 14.7 Å². The first kappa shape index (κ1) is 17.9. The number of sulfonamides is 1. The Bertz CT molecular complexity index is 604. The van der Waals surface area contributed by atoms with Gasteiger partial charge in [-0.15, -0.1) is 0 Å². The molecule has 10 heteroatoms. The van der Waals surface area contributed by atoms with Crippen LogP contribution < -0.4 is 15.4 Å². The zero-order valence-corrected chi connectivity index (χ0v) is 13.9. The Morgan fingerprint density at radius 2 is 2.13 bits per heavy atom. The third-order valence-electron chi connectivity index (χ3n) is 3.28. The maximum absolute atomic E-state index is 11.0. The van der Waals surface area contributed by atoms with Crippen LogP contribution in [0.15, 0.2) is 6.07 Å². The summed E-state index contributed by atoms with van der Waals surface area (Å²) in [6.07, 6.45) is 2.03. The Kier molecular flexibility index (Phi) is 6.51. The Balaban J connectivity index is 2.02. The van der Waals surface area contributed by atoms with E-state index in [1.54, 1.807) is 0 Å². The Labute approximate surface area is 135 Å². The van der Waals surface area contributed by atoms with Crippen molar-refractivity contribution < 1.29 is 18.3 Å². The zero-order chi connectivity index (χ0) is 16.7. The van der Waals surface area contributed by atoms with Gasteiger partial charge < -0.3 is 20.5 Å². The molecule has 4 N–H and O–H groups in total. The molecule has 0 amide bonds. The molecule has 0 unspecified atom stereocenters. The lowest BCUT2D eigenvalue weighted by molar-refractivity contribution is 0.193. The van der Waals surface area contributed by atoms with Crippen LogP contribution in [0.4, 0.5) is 11.8 Å². The van der Waals surface area contributed by atoms with Crippen LogP contribution in [0, 0.1) is 0 Å². The van der Waals surface area contributed by atoms with E-state index < -0.39 is 10.0 Å². The summed E-state index contributed by atoms with van der Waals surface area (Å²) in [5, 5.41) is 14.9. The fraction of sp³-hybridized carbons (Fsp3) is 0.692. The van der Waals surface area contributed by atoms with Crippen LogP contribution in [-0.2, 0) is 14.8 Å². The highest BCUT2D eigenvalue weighted by atomic mass is 32.2. The van der Waals surface area contributed by atoms with Crippen molar-refractivity contribution in [2.24, 2.45) is 0 Å². The molecule has 1 aliphatic rings. The standard InChI is InChI=1S/C13H23N5O4S/c1-23(20,21)16-4-3-14-12-8-11(10-2-7-22-9-10)17-13(18-12)15-5-6-19/h8,10,16,19H,2-7,9H2,1H3,(H2,14,15,17,18)/t10-/m1/s1. The molecule has 2 heterocycles. The molecule has 9 nitrogen and oxygen atoms in total. The van der Waals surface area contributed by atoms with Gasteiger partial charge in [0.25, 0.3) is 0 Å². The van der Waals surface area contributed by atoms with E-state index in [2.05, 4.69) is 25.3 Å². The predicted octanol–water partition coefficient (Wildman–Crippen LogP) is -0.654. The third-order valence-corrected chi connectivity index (χ3v) is 4.01. The number of nitrogens with one attached hydrogen (secondary N) is 3. The Morgan fingerprint density at radius 3 is 2.78 bits per heavy atom. The monoisotopic (exact) mass is 345 g/mol. The average Bonchev–Trinajstić information content (AvgIpc) is 3.03. The average molecular weight is 345 g/mol. The van der Waals surface area contributed by atoms with Crippen LogP contribution in [0.1, 0.15) is 18.0 Å². The molecule has 1 atom stereocenters. The van der Waals surface area contributed by atoms with Crippen LogP contribution in [0.5, 0.6) is 0 Å². The minimum atomic E-state index is -3.20. The van der Waals surface area contributed by atoms with E-state index in [1.807, 2.05) is 6.07 Å². The van der Waals surface area contributed by atoms with Crippen LogP contribution in [0.3, 0.4) is 0 Å². The lowest BCUT2D eigenvalue weighted by atomic mass is 10.0. The topological polar surface area (TPSA) is 125 Å². The number of aromatic nitrogens is 2. The fourth-order valence-electron chi connectivity index (χ4n) is 2.21. The molecule has 0 aromatic carbocycles. The summed E-state index contributed by atoms with van der Waals surface area (Å²) in [4.78, 5) is 8.77. The van der Waals surface area contributed by atoms with Crippen LogP contribution in [-0.4, -0.2) is 69.2 Å². The number of rotatable bonds is 9. The van der Waals surface area contributed by atoms with Gasteiger partial charge in [-0.05, 0) is 6.42 Å². The van der Waals surface area contributed by atoms with Gasteiger partial charge in [-0.2, -0.15) is 4.98 Å². The second kappa shape index (κ2) is 8.39. The summed E-state index contributed by atoms with van der Waals surface area (Å²) < 4.78 is 29.9. The summed E-state index contributed by atoms with van der Waals surface area (Å²) in [7, 11) is -3.20. The van der Waals surface area contributed by atoms with E-state index in [0.29, 0.717) is 31.5 Å². The van der Waals surface area contributed by atoms with Crippen molar-refractivity contribution in [3.63, 3.8) is 0 Å². The summed E-state index contributed by atoms with van der Waals surface area (Å²) in [5.74, 6) is 1.27. The summed E-state index contributed by atoms with van der Waals surface area (Å²) in [5.41, 5.74) is 0.872. The lowest BCUT2D eigenvalue weighted by Gasteiger charge is -2.13. The highest BCUT2D eigenvalue weighted by molar-refractivity contribution is 7.88.